The molecule has 4 rings (SSSR count). The lowest BCUT2D eigenvalue weighted by Crippen LogP contribution is -2.43. The molecule has 0 amide bonds. The molecule has 0 bridgehead atoms. The van der Waals surface area contributed by atoms with E-state index in [4.69, 9.17) is 0 Å². The fourth-order valence-corrected chi connectivity index (χ4v) is 3.21. The first kappa shape index (κ1) is 28.5. The number of anilines is 1. The van der Waals surface area contributed by atoms with Gasteiger partial charge in [-0.05, 0) is 35.4 Å². The second-order valence-electron chi connectivity index (χ2n) is 6.21. The van der Waals surface area contributed by atoms with Gasteiger partial charge in [0.25, 0.3) is 0 Å². The summed E-state index contributed by atoms with van der Waals surface area (Å²) in [7, 11) is 0. The monoisotopic (exact) mass is 502 g/mol. The molecule has 0 aliphatic carbocycles. The molecule has 1 aliphatic heterocycles. The molecule has 2 aromatic heterocycles. The number of hydrogen-bond acceptors (Lipinski definition) is 4. The van der Waals surface area contributed by atoms with Gasteiger partial charge in [-0.15, -0.1) is 49.6 Å². The number of nitrogens with one attached hydrogen (secondary N) is 1. The summed E-state index contributed by atoms with van der Waals surface area (Å²) in [5.41, 5.74) is 0.670. The minimum atomic E-state index is -4.49. The van der Waals surface area contributed by atoms with Crippen LogP contribution in [0.5, 0.6) is 0 Å². The molecule has 1 saturated heterocycles. The SMILES string of the molecule is Cl.Cl.Cl.Cl.FC(F)(F)c1cc(-c2ccnc(N3CCNCC3)c2)c2ccccc2n1. The third-order valence-electron chi connectivity index (χ3n) is 4.50. The zero-order valence-electron chi connectivity index (χ0n) is 15.6. The van der Waals surface area contributed by atoms with Gasteiger partial charge in [0.1, 0.15) is 11.5 Å². The van der Waals surface area contributed by atoms with Crippen LogP contribution in [0.25, 0.3) is 22.0 Å². The molecule has 0 unspecified atom stereocenters. The maximum Gasteiger partial charge on any atom is 0.433 e. The van der Waals surface area contributed by atoms with Gasteiger partial charge in [0, 0.05) is 37.8 Å². The maximum atomic E-state index is 13.3. The van der Waals surface area contributed by atoms with Crippen LogP contribution in [-0.4, -0.2) is 36.1 Å². The summed E-state index contributed by atoms with van der Waals surface area (Å²) in [5.74, 6) is 0.776. The summed E-state index contributed by atoms with van der Waals surface area (Å²) in [6.45, 7) is 3.37. The molecule has 1 fully saturated rings. The summed E-state index contributed by atoms with van der Waals surface area (Å²) >= 11 is 0. The van der Waals surface area contributed by atoms with Gasteiger partial charge < -0.3 is 10.2 Å². The number of alkyl halides is 3. The number of benzene rings is 1. The van der Waals surface area contributed by atoms with E-state index in [0.29, 0.717) is 22.0 Å². The highest BCUT2D eigenvalue weighted by molar-refractivity contribution is 5.95. The molecule has 1 N–H and O–H groups in total. The van der Waals surface area contributed by atoms with E-state index in [9.17, 15) is 13.2 Å². The number of piperazine rings is 1. The standard InChI is InChI=1S/C19H17F3N4.4ClH/c20-19(21,22)17-12-15(14-3-1-2-4-16(14)25-17)13-5-6-24-18(11-13)26-9-7-23-8-10-26;;;;/h1-6,11-12,23H,7-10H2;4*1H. The topological polar surface area (TPSA) is 41.1 Å². The number of hydrogen-bond donors (Lipinski definition) is 1. The number of rotatable bonds is 2. The van der Waals surface area contributed by atoms with Crippen LogP contribution in [0, 0.1) is 0 Å². The first-order valence-corrected chi connectivity index (χ1v) is 8.41. The molecule has 0 spiro atoms. The molecule has 11 heteroatoms. The van der Waals surface area contributed by atoms with Crippen molar-refractivity contribution in [2.45, 2.75) is 6.18 Å². The number of pyridine rings is 2. The van der Waals surface area contributed by atoms with Crippen molar-refractivity contribution in [2.24, 2.45) is 0 Å². The molecule has 0 atom stereocenters. The molecule has 3 heterocycles. The normalized spacial score (nSPS) is 13.4. The summed E-state index contributed by atoms with van der Waals surface area (Å²) in [4.78, 5) is 10.3. The summed E-state index contributed by atoms with van der Waals surface area (Å²) in [5, 5.41) is 3.97. The van der Waals surface area contributed by atoms with Crippen molar-refractivity contribution in [1.29, 1.82) is 0 Å². The zero-order chi connectivity index (χ0) is 18.1. The van der Waals surface area contributed by atoms with Crippen LogP contribution >= 0.6 is 49.6 Å². The lowest BCUT2D eigenvalue weighted by Gasteiger charge is -2.28. The van der Waals surface area contributed by atoms with Crippen LogP contribution in [0.15, 0.2) is 48.7 Å². The molecule has 3 aromatic rings. The fourth-order valence-electron chi connectivity index (χ4n) is 3.21. The van der Waals surface area contributed by atoms with Crippen LogP contribution in [-0.2, 0) is 6.18 Å². The third-order valence-corrected chi connectivity index (χ3v) is 4.50. The van der Waals surface area contributed by atoms with Gasteiger partial charge in [0.2, 0.25) is 0 Å². The number of halogens is 7. The number of aromatic nitrogens is 2. The Morgan fingerprint density at radius 3 is 2.23 bits per heavy atom. The average Bonchev–Trinajstić information content (AvgIpc) is 2.67. The minimum absolute atomic E-state index is 0. The van der Waals surface area contributed by atoms with Gasteiger partial charge in [0.15, 0.2) is 0 Å². The van der Waals surface area contributed by atoms with E-state index >= 15 is 0 Å². The molecule has 30 heavy (non-hydrogen) atoms. The Bertz CT molecular complexity index is 950. The predicted octanol–water partition coefficient (Wildman–Crippen LogP) is 5.41. The van der Waals surface area contributed by atoms with E-state index in [-0.39, 0.29) is 49.6 Å². The number of para-hydroxylation sites is 1. The molecular formula is C19H21Cl4F3N4. The van der Waals surface area contributed by atoms with Crippen LogP contribution in [0.1, 0.15) is 5.69 Å². The number of nitrogens with zero attached hydrogens (tertiary/aromatic N) is 3. The maximum absolute atomic E-state index is 13.3. The van der Waals surface area contributed by atoms with Crippen molar-refractivity contribution >= 4 is 66.3 Å². The van der Waals surface area contributed by atoms with Gasteiger partial charge >= 0.3 is 6.18 Å². The van der Waals surface area contributed by atoms with Gasteiger partial charge in [-0.3, -0.25) is 0 Å². The Labute approximate surface area is 197 Å². The average molecular weight is 504 g/mol. The van der Waals surface area contributed by atoms with Crippen molar-refractivity contribution in [3.63, 3.8) is 0 Å². The Hall–Kier alpha value is -1.51. The largest absolute Gasteiger partial charge is 0.433 e. The Kier molecular flexibility index (Phi) is 11.2. The molecule has 1 aromatic carbocycles. The lowest BCUT2D eigenvalue weighted by molar-refractivity contribution is -0.140. The van der Waals surface area contributed by atoms with Gasteiger partial charge in [-0.2, -0.15) is 13.2 Å². The Morgan fingerprint density at radius 1 is 0.900 bits per heavy atom. The van der Waals surface area contributed by atoms with Crippen molar-refractivity contribution in [3.05, 3.63) is 54.4 Å². The first-order chi connectivity index (χ1) is 12.5. The second kappa shape index (κ2) is 11.8. The van der Waals surface area contributed by atoms with Crippen LogP contribution in [0.2, 0.25) is 0 Å². The molecule has 1 aliphatic rings. The summed E-state index contributed by atoms with van der Waals surface area (Å²) < 4.78 is 39.9. The highest BCUT2D eigenvalue weighted by atomic mass is 35.5. The van der Waals surface area contributed by atoms with E-state index in [1.807, 2.05) is 6.07 Å². The van der Waals surface area contributed by atoms with Crippen LogP contribution < -0.4 is 10.2 Å². The Morgan fingerprint density at radius 2 is 1.57 bits per heavy atom. The van der Waals surface area contributed by atoms with E-state index in [0.717, 1.165) is 38.1 Å². The lowest BCUT2D eigenvalue weighted by atomic mass is 10.0. The first-order valence-electron chi connectivity index (χ1n) is 8.41. The van der Waals surface area contributed by atoms with E-state index in [1.54, 1.807) is 36.5 Å². The molecule has 166 valence electrons. The van der Waals surface area contributed by atoms with E-state index < -0.39 is 11.9 Å². The highest BCUT2D eigenvalue weighted by Gasteiger charge is 2.33. The molecule has 0 radical (unpaired) electrons. The minimum Gasteiger partial charge on any atom is -0.354 e. The smallest absolute Gasteiger partial charge is 0.354 e. The molecule has 4 nitrogen and oxygen atoms in total. The van der Waals surface area contributed by atoms with Gasteiger partial charge in [-0.1, -0.05) is 18.2 Å². The van der Waals surface area contributed by atoms with Crippen molar-refractivity contribution in [3.8, 4) is 11.1 Å². The van der Waals surface area contributed by atoms with Gasteiger partial charge in [-0.25, -0.2) is 9.97 Å². The second-order valence-corrected chi connectivity index (χ2v) is 6.21. The van der Waals surface area contributed by atoms with Crippen molar-refractivity contribution < 1.29 is 13.2 Å². The predicted molar refractivity (Wildman–Crippen MR) is 124 cm³/mol. The van der Waals surface area contributed by atoms with Crippen molar-refractivity contribution in [1.82, 2.24) is 15.3 Å². The van der Waals surface area contributed by atoms with E-state index in [1.165, 1.54) is 0 Å². The summed E-state index contributed by atoms with van der Waals surface area (Å²) in [6, 6.07) is 11.6. The third kappa shape index (κ3) is 6.02. The Balaban J connectivity index is 0.00000210. The van der Waals surface area contributed by atoms with E-state index in [2.05, 4.69) is 20.2 Å². The molecule has 0 saturated carbocycles. The van der Waals surface area contributed by atoms with Crippen LogP contribution in [0.3, 0.4) is 0 Å². The quantitative estimate of drug-likeness (QED) is 0.507. The highest BCUT2D eigenvalue weighted by Crippen LogP contribution is 2.35. The van der Waals surface area contributed by atoms with Crippen LogP contribution in [0.4, 0.5) is 19.0 Å². The van der Waals surface area contributed by atoms with Crippen molar-refractivity contribution in [2.75, 3.05) is 31.1 Å². The zero-order valence-corrected chi connectivity index (χ0v) is 18.8. The summed E-state index contributed by atoms with van der Waals surface area (Å²) in [6.07, 6.45) is -2.84. The molecular weight excluding hydrogens is 483 g/mol. The number of fused-ring (bicyclic) bond motifs is 1. The van der Waals surface area contributed by atoms with Gasteiger partial charge in [0.05, 0.1) is 5.52 Å². The fraction of sp³-hybridized carbons (Fsp3) is 0.263.